The minimum absolute atomic E-state index is 0.190. The summed E-state index contributed by atoms with van der Waals surface area (Å²) in [4.78, 5) is 35.2. The molecule has 6 nitrogen and oxygen atoms in total. The topological polar surface area (TPSA) is 57.9 Å². The van der Waals surface area contributed by atoms with Crippen LogP contribution in [0.5, 0.6) is 0 Å². The van der Waals surface area contributed by atoms with Gasteiger partial charge in [0, 0.05) is 25.8 Å². The average Bonchev–Trinajstić information content (AvgIpc) is 2.98. The molecule has 3 rings (SSSR count). The van der Waals surface area contributed by atoms with Crippen molar-refractivity contribution in [2.45, 2.75) is 33.6 Å². The number of anilines is 1. The molecule has 2 aromatic heterocycles. The summed E-state index contributed by atoms with van der Waals surface area (Å²) in [5.74, 6) is 0.411. The van der Waals surface area contributed by atoms with Gasteiger partial charge in [-0.3, -0.25) is 18.9 Å². The van der Waals surface area contributed by atoms with Gasteiger partial charge in [0.25, 0.3) is 11.5 Å². The maximum Gasteiger partial charge on any atom is 0.267 e. The molecule has 0 radical (unpaired) electrons. The number of hydrogen-bond acceptors (Lipinski definition) is 6. The van der Waals surface area contributed by atoms with Crippen molar-refractivity contribution in [2.24, 2.45) is 0 Å². The summed E-state index contributed by atoms with van der Waals surface area (Å²) in [6.45, 7) is 11.7. The van der Waals surface area contributed by atoms with Gasteiger partial charge in [-0.25, -0.2) is 4.98 Å². The highest BCUT2D eigenvalue weighted by molar-refractivity contribution is 8.26. The van der Waals surface area contributed by atoms with E-state index in [9.17, 15) is 9.59 Å². The Morgan fingerprint density at radius 3 is 2.60 bits per heavy atom. The van der Waals surface area contributed by atoms with Crippen LogP contribution in [-0.4, -0.2) is 44.1 Å². The second-order valence-electron chi connectivity index (χ2n) is 7.11. The van der Waals surface area contributed by atoms with E-state index < -0.39 is 0 Å². The van der Waals surface area contributed by atoms with Crippen LogP contribution in [0.4, 0.5) is 5.82 Å². The summed E-state index contributed by atoms with van der Waals surface area (Å²) in [5, 5.41) is 0. The number of carbonyl (C=O) groups excluding carboxylic acids is 1. The molecule has 0 bridgehead atoms. The van der Waals surface area contributed by atoms with Gasteiger partial charge in [-0.15, -0.1) is 6.58 Å². The minimum Gasteiger partial charge on any atom is -0.356 e. The Balaban J connectivity index is 2.24. The first kappa shape index (κ1) is 22.2. The van der Waals surface area contributed by atoms with E-state index in [4.69, 9.17) is 17.2 Å². The lowest BCUT2D eigenvalue weighted by molar-refractivity contribution is -0.121. The van der Waals surface area contributed by atoms with Gasteiger partial charge in [0.2, 0.25) is 0 Å². The van der Waals surface area contributed by atoms with E-state index in [1.165, 1.54) is 16.7 Å². The number of thiocarbonyl (C=S) groups is 1. The molecule has 1 aliphatic heterocycles. The molecule has 1 amide bonds. The van der Waals surface area contributed by atoms with E-state index in [0.29, 0.717) is 32.8 Å². The zero-order chi connectivity index (χ0) is 21.8. The molecular formula is C22H26N4O2S2. The van der Waals surface area contributed by atoms with E-state index in [1.807, 2.05) is 19.1 Å². The first-order chi connectivity index (χ1) is 14.4. The van der Waals surface area contributed by atoms with Gasteiger partial charge in [-0.1, -0.05) is 50.0 Å². The van der Waals surface area contributed by atoms with Gasteiger partial charge in [-0.2, -0.15) is 0 Å². The van der Waals surface area contributed by atoms with Crippen molar-refractivity contribution in [1.29, 1.82) is 0 Å². The summed E-state index contributed by atoms with van der Waals surface area (Å²) < 4.78 is 2.02. The molecule has 0 saturated carbocycles. The number of rotatable bonds is 8. The molecule has 0 aliphatic carbocycles. The van der Waals surface area contributed by atoms with Gasteiger partial charge < -0.3 is 4.90 Å². The van der Waals surface area contributed by atoms with Crippen molar-refractivity contribution in [3.63, 3.8) is 0 Å². The van der Waals surface area contributed by atoms with Gasteiger partial charge in [0.05, 0.1) is 10.5 Å². The van der Waals surface area contributed by atoms with Gasteiger partial charge in [0.1, 0.15) is 15.8 Å². The van der Waals surface area contributed by atoms with Crippen LogP contribution in [0.25, 0.3) is 11.7 Å². The summed E-state index contributed by atoms with van der Waals surface area (Å²) in [6.07, 6.45) is 6.86. The van der Waals surface area contributed by atoms with E-state index in [1.54, 1.807) is 22.7 Å². The maximum absolute atomic E-state index is 13.5. The van der Waals surface area contributed by atoms with Crippen molar-refractivity contribution in [3.05, 3.63) is 57.4 Å². The number of aromatic nitrogens is 2. The van der Waals surface area contributed by atoms with Crippen LogP contribution >= 0.6 is 24.0 Å². The van der Waals surface area contributed by atoms with Crippen LogP contribution in [0.1, 0.15) is 37.8 Å². The fourth-order valence-electron chi connectivity index (χ4n) is 3.45. The molecule has 0 aromatic carbocycles. The van der Waals surface area contributed by atoms with Crippen LogP contribution in [0.15, 0.2) is 40.7 Å². The Bertz CT molecular complexity index is 1080. The normalized spacial score (nSPS) is 15.4. The molecular weight excluding hydrogens is 416 g/mol. The molecule has 158 valence electrons. The number of amides is 1. The lowest BCUT2D eigenvalue weighted by Gasteiger charge is -2.25. The molecule has 3 heterocycles. The largest absolute Gasteiger partial charge is 0.356 e. The average molecular weight is 443 g/mol. The van der Waals surface area contributed by atoms with Gasteiger partial charge in [0.15, 0.2) is 0 Å². The van der Waals surface area contributed by atoms with Crippen LogP contribution in [0.3, 0.4) is 0 Å². The van der Waals surface area contributed by atoms with Crippen LogP contribution < -0.4 is 10.5 Å². The summed E-state index contributed by atoms with van der Waals surface area (Å²) in [7, 11) is 0. The minimum atomic E-state index is -0.206. The van der Waals surface area contributed by atoms with Crippen molar-refractivity contribution in [1.82, 2.24) is 14.3 Å². The maximum atomic E-state index is 13.5. The number of fused-ring (bicyclic) bond motifs is 1. The van der Waals surface area contributed by atoms with Crippen LogP contribution in [0.2, 0.25) is 0 Å². The van der Waals surface area contributed by atoms with Crippen molar-refractivity contribution in [3.8, 4) is 0 Å². The van der Waals surface area contributed by atoms with Crippen LogP contribution in [0, 0.1) is 6.92 Å². The van der Waals surface area contributed by atoms with E-state index >= 15 is 0 Å². The lowest BCUT2D eigenvalue weighted by atomic mass is 10.2. The molecule has 1 saturated heterocycles. The zero-order valence-corrected chi connectivity index (χ0v) is 19.2. The molecule has 2 aromatic rings. The van der Waals surface area contributed by atoms with Crippen LogP contribution in [-0.2, 0) is 4.79 Å². The van der Waals surface area contributed by atoms with Gasteiger partial charge >= 0.3 is 0 Å². The SMILES string of the molecule is C=CCN1C(=O)/C(=C/c2c(N(CCC)CCC)nc3c(C)cccn3c2=O)SC1=S. The number of hydrogen-bond donors (Lipinski definition) is 0. The highest BCUT2D eigenvalue weighted by atomic mass is 32.2. The third-order valence-electron chi connectivity index (χ3n) is 4.81. The summed E-state index contributed by atoms with van der Waals surface area (Å²) >= 11 is 6.55. The first-order valence-corrected chi connectivity index (χ1v) is 11.3. The van der Waals surface area contributed by atoms with Crippen molar-refractivity contribution >= 4 is 51.7 Å². The second-order valence-corrected chi connectivity index (χ2v) is 8.78. The molecule has 8 heteroatoms. The highest BCUT2D eigenvalue weighted by Gasteiger charge is 2.32. The Labute approximate surface area is 186 Å². The molecule has 0 atom stereocenters. The summed E-state index contributed by atoms with van der Waals surface area (Å²) in [5.41, 5.74) is 1.78. The lowest BCUT2D eigenvalue weighted by Crippen LogP contribution is -2.31. The zero-order valence-electron chi connectivity index (χ0n) is 17.6. The first-order valence-electron chi connectivity index (χ1n) is 10.1. The predicted octanol–water partition coefficient (Wildman–Crippen LogP) is 4.02. The van der Waals surface area contributed by atoms with E-state index in [-0.39, 0.29) is 11.5 Å². The Hall–Kier alpha value is -2.45. The third kappa shape index (κ3) is 4.20. The fraction of sp³-hybridized carbons (Fsp3) is 0.364. The fourth-order valence-corrected chi connectivity index (χ4v) is 4.71. The molecule has 1 fully saturated rings. The molecule has 1 aliphatic rings. The number of pyridine rings is 1. The van der Waals surface area contributed by atoms with Crippen molar-refractivity contribution < 1.29 is 4.79 Å². The molecule has 30 heavy (non-hydrogen) atoms. The highest BCUT2D eigenvalue weighted by Crippen LogP contribution is 2.33. The molecule has 0 unspecified atom stereocenters. The second kappa shape index (κ2) is 9.57. The number of nitrogens with zero attached hydrogens (tertiary/aromatic N) is 4. The Morgan fingerprint density at radius 1 is 1.27 bits per heavy atom. The Morgan fingerprint density at radius 2 is 1.97 bits per heavy atom. The molecule has 0 N–H and O–H groups in total. The van der Waals surface area contributed by atoms with Gasteiger partial charge in [-0.05, 0) is 37.5 Å². The molecule has 0 spiro atoms. The monoisotopic (exact) mass is 442 g/mol. The summed E-state index contributed by atoms with van der Waals surface area (Å²) in [6, 6.07) is 3.77. The standard InChI is InChI=1S/C22H26N4O2S2/c1-5-10-24(11-6-2)19-16(14-17-21(28)26(12-7-3)22(29)30-17)20(27)25-13-8-9-15(4)18(25)23-19/h7-9,13-14H,3,5-6,10-12H2,1-2,4H3/b17-14-. The number of thioether (sulfide) groups is 1. The Kier molecular flexibility index (Phi) is 7.10. The van der Waals surface area contributed by atoms with Crippen molar-refractivity contribution in [2.75, 3.05) is 24.5 Å². The quantitative estimate of drug-likeness (QED) is 0.350. The number of carbonyl (C=O) groups is 1. The third-order valence-corrected chi connectivity index (χ3v) is 6.19. The smallest absolute Gasteiger partial charge is 0.267 e. The van der Waals surface area contributed by atoms with E-state index in [2.05, 4.69) is 25.3 Å². The van der Waals surface area contributed by atoms with E-state index in [0.717, 1.165) is 31.5 Å². The number of aryl methyl sites for hydroxylation is 1. The predicted molar refractivity (Wildman–Crippen MR) is 129 cm³/mol.